The molecule has 1 saturated heterocycles. The van der Waals surface area contributed by atoms with Crippen molar-refractivity contribution < 1.29 is 9.21 Å². The zero-order valence-electron chi connectivity index (χ0n) is 14.9. The van der Waals surface area contributed by atoms with Gasteiger partial charge in [0.25, 0.3) is 0 Å². The van der Waals surface area contributed by atoms with Crippen molar-refractivity contribution in [3.05, 3.63) is 41.6 Å². The van der Waals surface area contributed by atoms with Gasteiger partial charge >= 0.3 is 0 Å². The number of hydrogen-bond donors (Lipinski definition) is 1. The number of nitrogens with one attached hydrogen (secondary N) is 1. The molecule has 0 spiro atoms. The summed E-state index contributed by atoms with van der Waals surface area (Å²) in [6, 6.07) is 2.55. The zero-order valence-corrected chi connectivity index (χ0v) is 14.9. The molecular formula is C19H26N4O2. The standard InChI is InChI=1S/C19H26N4O2/c1-13-7-8-25-17(13)11-20-9-14-3-6-18(24)23(16-4-5-16)19(14)15-10-21-22(2)12-15/h7-8,10,12,14,16,19-20H,3-6,9,11H2,1-2H3/t14-,19+/m1/s1. The molecule has 25 heavy (non-hydrogen) atoms. The van der Waals surface area contributed by atoms with Gasteiger partial charge in [-0.1, -0.05) is 0 Å². The Labute approximate surface area is 148 Å². The van der Waals surface area contributed by atoms with Crippen LogP contribution in [-0.2, 0) is 18.4 Å². The van der Waals surface area contributed by atoms with Gasteiger partial charge in [-0.05, 0) is 43.7 Å². The highest BCUT2D eigenvalue weighted by atomic mass is 16.3. The van der Waals surface area contributed by atoms with Crippen LogP contribution in [0.3, 0.4) is 0 Å². The van der Waals surface area contributed by atoms with E-state index in [1.807, 2.05) is 24.0 Å². The summed E-state index contributed by atoms with van der Waals surface area (Å²) in [6.07, 6.45) is 9.55. The molecular weight excluding hydrogens is 316 g/mol. The predicted molar refractivity (Wildman–Crippen MR) is 93.7 cm³/mol. The molecule has 0 bridgehead atoms. The van der Waals surface area contributed by atoms with Crippen LogP contribution in [0.2, 0.25) is 0 Å². The van der Waals surface area contributed by atoms with Gasteiger partial charge in [0, 0.05) is 37.8 Å². The Morgan fingerprint density at radius 1 is 1.36 bits per heavy atom. The van der Waals surface area contributed by atoms with E-state index in [0.29, 0.717) is 24.3 Å². The van der Waals surface area contributed by atoms with Gasteiger partial charge in [-0.2, -0.15) is 5.10 Å². The van der Waals surface area contributed by atoms with Gasteiger partial charge in [0.1, 0.15) is 5.76 Å². The second kappa shape index (κ2) is 6.67. The molecule has 6 heteroatoms. The summed E-state index contributed by atoms with van der Waals surface area (Å²) in [5, 5.41) is 7.88. The van der Waals surface area contributed by atoms with Gasteiger partial charge in [-0.25, -0.2) is 0 Å². The van der Waals surface area contributed by atoms with Crippen molar-refractivity contribution in [2.75, 3.05) is 6.54 Å². The van der Waals surface area contributed by atoms with E-state index in [1.165, 1.54) is 5.56 Å². The first-order chi connectivity index (χ1) is 12.1. The normalized spacial score (nSPS) is 24.1. The van der Waals surface area contributed by atoms with E-state index in [2.05, 4.69) is 28.4 Å². The number of likely N-dealkylation sites (tertiary alicyclic amines) is 1. The SMILES string of the molecule is Cc1ccoc1CNC[C@H]1CCC(=O)N(C2CC2)[C@@H]1c1cnn(C)c1. The lowest BCUT2D eigenvalue weighted by Crippen LogP contribution is -2.46. The Morgan fingerprint density at radius 3 is 2.84 bits per heavy atom. The Kier molecular flexibility index (Phi) is 4.37. The summed E-state index contributed by atoms with van der Waals surface area (Å²) in [5.74, 6) is 1.69. The van der Waals surface area contributed by atoms with Gasteiger partial charge in [0.05, 0.1) is 25.0 Å². The molecule has 2 aromatic rings. The van der Waals surface area contributed by atoms with Gasteiger partial charge in [-0.3, -0.25) is 9.48 Å². The third-order valence-electron chi connectivity index (χ3n) is 5.43. The Morgan fingerprint density at radius 2 is 2.20 bits per heavy atom. The van der Waals surface area contributed by atoms with Crippen molar-refractivity contribution in [3.8, 4) is 0 Å². The van der Waals surface area contributed by atoms with Crippen molar-refractivity contribution in [1.82, 2.24) is 20.0 Å². The van der Waals surface area contributed by atoms with Crippen molar-refractivity contribution in [2.45, 2.75) is 51.2 Å². The number of rotatable bonds is 6. The molecule has 1 N–H and O–H groups in total. The van der Waals surface area contributed by atoms with Crippen molar-refractivity contribution in [2.24, 2.45) is 13.0 Å². The molecule has 134 valence electrons. The number of aryl methyl sites for hydroxylation is 2. The first-order valence-electron chi connectivity index (χ1n) is 9.17. The van der Waals surface area contributed by atoms with E-state index in [1.54, 1.807) is 6.26 Å². The number of amides is 1. The third-order valence-corrected chi connectivity index (χ3v) is 5.43. The Balaban J connectivity index is 1.50. The topological polar surface area (TPSA) is 63.3 Å². The quantitative estimate of drug-likeness (QED) is 0.876. The second-order valence-electron chi connectivity index (χ2n) is 7.38. The van der Waals surface area contributed by atoms with Crippen LogP contribution in [0.5, 0.6) is 0 Å². The molecule has 1 amide bonds. The highest BCUT2D eigenvalue weighted by Gasteiger charge is 2.44. The van der Waals surface area contributed by atoms with Crippen LogP contribution < -0.4 is 5.32 Å². The lowest BCUT2D eigenvalue weighted by Gasteiger charge is -2.41. The number of nitrogens with zero attached hydrogens (tertiary/aromatic N) is 3. The Hall–Kier alpha value is -2.08. The van der Waals surface area contributed by atoms with Crippen LogP contribution in [0.1, 0.15) is 48.6 Å². The zero-order chi connectivity index (χ0) is 17.4. The minimum absolute atomic E-state index is 0.132. The smallest absolute Gasteiger partial charge is 0.223 e. The van der Waals surface area contributed by atoms with Crippen LogP contribution >= 0.6 is 0 Å². The first-order valence-corrected chi connectivity index (χ1v) is 9.17. The minimum Gasteiger partial charge on any atom is -0.468 e. The lowest BCUT2D eigenvalue weighted by atomic mass is 9.85. The molecule has 1 aliphatic heterocycles. The van der Waals surface area contributed by atoms with Gasteiger partial charge in [0.15, 0.2) is 0 Å². The molecule has 2 atom stereocenters. The number of piperidine rings is 1. The minimum atomic E-state index is 0.132. The summed E-state index contributed by atoms with van der Waals surface area (Å²) in [7, 11) is 1.93. The number of aromatic nitrogens is 2. The summed E-state index contributed by atoms with van der Waals surface area (Å²) < 4.78 is 7.34. The van der Waals surface area contributed by atoms with E-state index >= 15 is 0 Å². The van der Waals surface area contributed by atoms with Crippen LogP contribution in [-0.4, -0.2) is 33.2 Å². The summed E-state index contributed by atoms with van der Waals surface area (Å²) >= 11 is 0. The average Bonchev–Trinajstić information content (AvgIpc) is 3.21. The molecule has 2 aromatic heterocycles. The molecule has 0 aromatic carbocycles. The van der Waals surface area contributed by atoms with E-state index in [-0.39, 0.29) is 6.04 Å². The third kappa shape index (κ3) is 3.35. The van der Waals surface area contributed by atoms with Crippen LogP contribution in [0, 0.1) is 12.8 Å². The fourth-order valence-corrected chi connectivity index (χ4v) is 3.96. The molecule has 2 fully saturated rings. The van der Waals surface area contributed by atoms with E-state index in [4.69, 9.17) is 4.42 Å². The van der Waals surface area contributed by atoms with Gasteiger partial charge in [-0.15, -0.1) is 0 Å². The van der Waals surface area contributed by atoms with Crippen molar-refractivity contribution in [1.29, 1.82) is 0 Å². The number of carbonyl (C=O) groups excluding carboxylic acids is 1. The van der Waals surface area contributed by atoms with Crippen LogP contribution in [0.15, 0.2) is 29.1 Å². The van der Waals surface area contributed by atoms with E-state index in [9.17, 15) is 4.79 Å². The largest absolute Gasteiger partial charge is 0.468 e. The fourth-order valence-electron chi connectivity index (χ4n) is 3.96. The van der Waals surface area contributed by atoms with Crippen LogP contribution in [0.25, 0.3) is 0 Å². The van der Waals surface area contributed by atoms with Crippen molar-refractivity contribution in [3.63, 3.8) is 0 Å². The number of carbonyl (C=O) groups is 1. The number of furan rings is 1. The fraction of sp³-hybridized carbons (Fsp3) is 0.579. The highest BCUT2D eigenvalue weighted by Crippen LogP contribution is 2.43. The van der Waals surface area contributed by atoms with Gasteiger partial charge in [0.2, 0.25) is 5.91 Å². The summed E-state index contributed by atoms with van der Waals surface area (Å²) in [5.41, 5.74) is 2.33. The summed E-state index contributed by atoms with van der Waals surface area (Å²) in [4.78, 5) is 14.7. The highest BCUT2D eigenvalue weighted by molar-refractivity contribution is 5.78. The molecule has 6 nitrogen and oxygen atoms in total. The monoisotopic (exact) mass is 342 g/mol. The van der Waals surface area contributed by atoms with E-state index in [0.717, 1.165) is 43.7 Å². The molecule has 1 aliphatic carbocycles. The van der Waals surface area contributed by atoms with Crippen molar-refractivity contribution >= 4 is 5.91 Å². The molecule has 2 aliphatic rings. The lowest BCUT2D eigenvalue weighted by molar-refractivity contribution is -0.139. The molecule has 1 saturated carbocycles. The molecule has 3 heterocycles. The molecule has 4 rings (SSSR count). The van der Waals surface area contributed by atoms with Crippen LogP contribution in [0.4, 0.5) is 0 Å². The maximum absolute atomic E-state index is 12.6. The second-order valence-corrected chi connectivity index (χ2v) is 7.38. The van der Waals surface area contributed by atoms with Gasteiger partial charge < -0.3 is 14.6 Å². The number of hydrogen-bond acceptors (Lipinski definition) is 4. The average molecular weight is 342 g/mol. The maximum Gasteiger partial charge on any atom is 0.223 e. The molecule has 0 radical (unpaired) electrons. The van der Waals surface area contributed by atoms with E-state index < -0.39 is 0 Å². The summed E-state index contributed by atoms with van der Waals surface area (Å²) in [6.45, 7) is 3.66. The predicted octanol–water partition coefficient (Wildman–Crippen LogP) is 2.55. The molecule has 0 unspecified atom stereocenters. The maximum atomic E-state index is 12.6. The first kappa shape index (κ1) is 16.4. The Bertz CT molecular complexity index is 746.